The van der Waals surface area contributed by atoms with Gasteiger partial charge in [0.25, 0.3) is 0 Å². The number of ether oxygens (including phenoxy) is 1. The Morgan fingerprint density at radius 2 is 1.82 bits per heavy atom. The van der Waals surface area contributed by atoms with Crippen LogP contribution < -0.4 is 5.32 Å². The topological polar surface area (TPSA) is 21.3 Å². The van der Waals surface area contributed by atoms with Gasteiger partial charge in [-0.1, -0.05) is 41.0 Å². The monoisotopic (exact) mass is 243 g/mol. The molecule has 0 saturated carbocycles. The first-order chi connectivity index (χ1) is 7.93. The quantitative estimate of drug-likeness (QED) is 0.588. The Bertz CT molecular complexity index is 182. The zero-order valence-corrected chi connectivity index (χ0v) is 12.8. The van der Waals surface area contributed by atoms with E-state index in [4.69, 9.17) is 4.74 Å². The Labute approximate surface area is 109 Å². The molecule has 0 spiro atoms. The van der Waals surface area contributed by atoms with E-state index in [2.05, 4.69) is 46.9 Å². The lowest BCUT2D eigenvalue weighted by atomic mass is 9.92. The van der Waals surface area contributed by atoms with E-state index in [-0.39, 0.29) is 5.60 Å². The molecular weight excluding hydrogens is 210 g/mol. The first-order valence-electron chi connectivity index (χ1n) is 7.28. The van der Waals surface area contributed by atoms with Gasteiger partial charge >= 0.3 is 0 Å². The second kappa shape index (κ2) is 8.93. The molecule has 0 aliphatic rings. The molecule has 2 atom stereocenters. The van der Waals surface area contributed by atoms with Gasteiger partial charge < -0.3 is 10.1 Å². The van der Waals surface area contributed by atoms with E-state index in [0.29, 0.717) is 5.92 Å². The van der Waals surface area contributed by atoms with E-state index in [1.807, 2.05) is 0 Å². The van der Waals surface area contributed by atoms with Gasteiger partial charge in [0, 0.05) is 6.54 Å². The summed E-state index contributed by atoms with van der Waals surface area (Å²) in [6, 6.07) is 0. The van der Waals surface area contributed by atoms with E-state index in [0.717, 1.165) is 38.5 Å². The Morgan fingerprint density at radius 1 is 1.18 bits per heavy atom. The van der Waals surface area contributed by atoms with Crippen molar-refractivity contribution in [3.05, 3.63) is 0 Å². The van der Waals surface area contributed by atoms with Gasteiger partial charge in [0.1, 0.15) is 0 Å². The van der Waals surface area contributed by atoms with Crippen molar-refractivity contribution in [3.63, 3.8) is 0 Å². The number of rotatable bonds is 10. The summed E-state index contributed by atoms with van der Waals surface area (Å²) in [6.45, 7) is 16.4. The summed E-state index contributed by atoms with van der Waals surface area (Å²) >= 11 is 0. The molecule has 0 amide bonds. The van der Waals surface area contributed by atoms with Crippen LogP contribution in [0.2, 0.25) is 0 Å². The van der Waals surface area contributed by atoms with E-state index in [1.165, 1.54) is 6.42 Å². The second-order valence-electron chi connectivity index (χ2n) is 5.97. The maximum absolute atomic E-state index is 6.04. The molecule has 17 heavy (non-hydrogen) atoms. The summed E-state index contributed by atoms with van der Waals surface area (Å²) in [5.41, 5.74) is 0.0617. The molecule has 0 bridgehead atoms. The lowest BCUT2D eigenvalue weighted by molar-refractivity contribution is -0.0463. The third-order valence-electron chi connectivity index (χ3n) is 3.51. The molecule has 0 saturated heterocycles. The molecule has 0 aromatic rings. The van der Waals surface area contributed by atoms with Gasteiger partial charge in [-0.3, -0.25) is 0 Å². The van der Waals surface area contributed by atoms with Crippen LogP contribution in [-0.2, 0) is 4.74 Å². The summed E-state index contributed by atoms with van der Waals surface area (Å²) in [7, 11) is 0. The number of nitrogens with one attached hydrogen (secondary N) is 1. The average Bonchev–Trinajstić information content (AvgIpc) is 2.27. The minimum Gasteiger partial charge on any atom is -0.374 e. The third kappa shape index (κ3) is 8.62. The van der Waals surface area contributed by atoms with E-state index in [1.54, 1.807) is 0 Å². The summed E-state index contributed by atoms with van der Waals surface area (Å²) in [5, 5.41) is 3.46. The van der Waals surface area contributed by atoms with Crippen LogP contribution in [0.15, 0.2) is 0 Å². The van der Waals surface area contributed by atoms with Gasteiger partial charge in [-0.05, 0) is 38.1 Å². The molecule has 0 rings (SSSR count). The van der Waals surface area contributed by atoms with Crippen LogP contribution in [0.25, 0.3) is 0 Å². The zero-order chi connectivity index (χ0) is 13.3. The van der Waals surface area contributed by atoms with Crippen LogP contribution in [0, 0.1) is 11.8 Å². The molecule has 0 aliphatic carbocycles. The molecule has 2 unspecified atom stereocenters. The van der Waals surface area contributed by atoms with E-state index < -0.39 is 0 Å². The van der Waals surface area contributed by atoms with Gasteiger partial charge in [0.05, 0.1) is 12.2 Å². The lowest BCUT2D eigenvalue weighted by Crippen LogP contribution is -2.34. The lowest BCUT2D eigenvalue weighted by Gasteiger charge is -2.30. The summed E-state index contributed by atoms with van der Waals surface area (Å²) in [4.78, 5) is 0. The standard InChI is InChI=1S/C15H33NO/c1-7-14(5)12-16-9-10-17-15(6,8-2)11-13(3)4/h13-14,16H,7-12H2,1-6H3. The zero-order valence-electron chi connectivity index (χ0n) is 12.8. The highest BCUT2D eigenvalue weighted by molar-refractivity contribution is 4.75. The summed E-state index contributed by atoms with van der Waals surface area (Å²) < 4.78 is 6.04. The largest absolute Gasteiger partial charge is 0.374 e. The highest BCUT2D eigenvalue weighted by Gasteiger charge is 2.23. The maximum Gasteiger partial charge on any atom is 0.0655 e. The smallest absolute Gasteiger partial charge is 0.0655 e. The number of hydrogen-bond acceptors (Lipinski definition) is 2. The molecule has 0 aromatic carbocycles. The van der Waals surface area contributed by atoms with Gasteiger partial charge in [0.2, 0.25) is 0 Å². The van der Waals surface area contributed by atoms with Gasteiger partial charge in [-0.2, -0.15) is 0 Å². The fourth-order valence-electron chi connectivity index (χ4n) is 2.03. The normalized spacial score (nSPS) is 17.1. The molecule has 104 valence electrons. The van der Waals surface area contributed by atoms with Gasteiger partial charge in [-0.25, -0.2) is 0 Å². The van der Waals surface area contributed by atoms with Crippen molar-refractivity contribution in [2.45, 2.75) is 66.4 Å². The van der Waals surface area contributed by atoms with Crippen molar-refractivity contribution in [2.24, 2.45) is 11.8 Å². The number of hydrogen-bond donors (Lipinski definition) is 1. The highest BCUT2D eigenvalue weighted by Crippen LogP contribution is 2.24. The fourth-order valence-corrected chi connectivity index (χ4v) is 2.03. The molecule has 2 nitrogen and oxygen atoms in total. The van der Waals surface area contributed by atoms with Crippen LogP contribution in [0.4, 0.5) is 0 Å². The Hall–Kier alpha value is -0.0800. The molecule has 0 aliphatic heterocycles. The minimum absolute atomic E-state index is 0.0617. The van der Waals surface area contributed by atoms with Crippen LogP contribution in [0.3, 0.4) is 0 Å². The molecule has 0 aromatic heterocycles. The van der Waals surface area contributed by atoms with E-state index >= 15 is 0 Å². The molecule has 0 heterocycles. The predicted octanol–water partition coefficient (Wildman–Crippen LogP) is 3.85. The van der Waals surface area contributed by atoms with Crippen molar-refractivity contribution >= 4 is 0 Å². The molecular formula is C15H33NO. The average molecular weight is 243 g/mol. The summed E-state index contributed by atoms with van der Waals surface area (Å²) in [6.07, 6.45) is 3.49. The Balaban J connectivity index is 3.69. The van der Waals surface area contributed by atoms with Gasteiger partial charge in [0.15, 0.2) is 0 Å². The third-order valence-corrected chi connectivity index (χ3v) is 3.51. The molecule has 1 N–H and O–H groups in total. The van der Waals surface area contributed by atoms with Gasteiger partial charge in [-0.15, -0.1) is 0 Å². The van der Waals surface area contributed by atoms with Crippen molar-refractivity contribution < 1.29 is 4.74 Å². The first kappa shape index (κ1) is 16.9. The van der Waals surface area contributed by atoms with Crippen LogP contribution >= 0.6 is 0 Å². The molecule has 0 fully saturated rings. The van der Waals surface area contributed by atoms with Crippen LogP contribution in [0.5, 0.6) is 0 Å². The Morgan fingerprint density at radius 3 is 2.29 bits per heavy atom. The minimum atomic E-state index is 0.0617. The van der Waals surface area contributed by atoms with Crippen molar-refractivity contribution in [3.8, 4) is 0 Å². The second-order valence-corrected chi connectivity index (χ2v) is 5.97. The molecule has 2 heteroatoms. The SMILES string of the molecule is CCC(C)CNCCOC(C)(CC)CC(C)C. The van der Waals surface area contributed by atoms with Crippen LogP contribution in [0.1, 0.15) is 60.8 Å². The first-order valence-corrected chi connectivity index (χ1v) is 7.28. The molecule has 0 radical (unpaired) electrons. The predicted molar refractivity (Wildman–Crippen MR) is 76.4 cm³/mol. The van der Waals surface area contributed by atoms with Crippen molar-refractivity contribution in [2.75, 3.05) is 19.7 Å². The summed E-state index contributed by atoms with van der Waals surface area (Å²) in [5.74, 6) is 1.47. The van der Waals surface area contributed by atoms with Crippen molar-refractivity contribution in [1.82, 2.24) is 5.32 Å². The van der Waals surface area contributed by atoms with E-state index in [9.17, 15) is 0 Å². The highest BCUT2D eigenvalue weighted by atomic mass is 16.5. The van der Waals surface area contributed by atoms with Crippen molar-refractivity contribution in [1.29, 1.82) is 0 Å². The maximum atomic E-state index is 6.04. The van der Waals surface area contributed by atoms with Crippen LogP contribution in [-0.4, -0.2) is 25.3 Å². The fraction of sp³-hybridized carbons (Fsp3) is 1.00. The Kier molecular flexibility index (Phi) is 8.89.